The number of amides is 2. The van der Waals surface area contributed by atoms with Crippen molar-refractivity contribution in [3.63, 3.8) is 0 Å². The molecular formula is C31H38N4O4S. The summed E-state index contributed by atoms with van der Waals surface area (Å²) in [7, 11) is -3.63. The van der Waals surface area contributed by atoms with Crippen LogP contribution in [-0.4, -0.2) is 55.3 Å². The topological polar surface area (TPSA) is 111 Å². The lowest BCUT2D eigenvalue weighted by molar-refractivity contribution is -0.110. The van der Waals surface area contributed by atoms with Gasteiger partial charge in [0.15, 0.2) is 9.84 Å². The Kier molecular flexibility index (Phi) is 8.65. The number of benzene rings is 2. The number of anilines is 1. The monoisotopic (exact) mass is 562 g/mol. The van der Waals surface area contributed by atoms with Gasteiger partial charge in [0.05, 0.1) is 21.8 Å². The van der Waals surface area contributed by atoms with Crippen LogP contribution >= 0.6 is 0 Å². The molecule has 0 bridgehead atoms. The molecule has 2 heterocycles. The Morgan fingerprint density at radius 2 is 1.70 bits per heavy atom. The average Bonchev–Trinajstić information content (AvgIpc) is 3.35. The smallest absolute Gasteiger partial charge is 0.256 e. The highest BCUT2D eigenvalue weighted by molar-refractivity contribution is 7.90. The molecule has 1 aliphatic heterocycles. The van der Waals surface area contributed by atoms with Gasteiger partial charge in [-0.05, 0) is 76.9 Å². The summed E-state index contributed by atoms with van der Waals surface area (Å²) >= 11 is 0. The maximum absolute atomic E-state index is 13.1. The van der Waals surface area contributed by atoms with Gasteiger partial charge in [-0.15, -0.1) is 0 Å². The number of rotatable bonds is 10. The second-order valence-electron chi connectivity index (χ2n) is 10.8. The molecule has 3 N–H and O–H groups in total. The van der Waals surface area contributed by atoms with E-state index in [2.05, 4.69) is 48.2 Å². The first-order chi connectivity index (χ1) is 18.9. The minimum atomic E-state index is -3.63. The summed E-state index contributed by atoms with van der Waals surface area (Å²) in [5, 5.41) is 5.85. The standard InChI is InChI=1S/C31H38N4O4S/c1-19(2)35(20(3)4)15-14-32-31(37)29-21(5)28(33-22(29)6)17-26-25-16-24(12-13-27(25)34-30(26)36)40(38,39)18-23-10-8-7-9-11-23/h7-13,16-17,19-20,33H,14-15,18H2,1-6H3,(H,32,37)(H,34,36). The van der Waals surface area contributed by atoms with Crippen LogP contribution < -0.4 is 10.6 Å². The van der Waals surface area contributed by atoms with Gasteiger partial charge in [-0.3, -0.25) is 14.5 Å². The molecule has 0 atom stereocenters. The van der Waals surface area contributed by atoms with Crippen LogP contribution in [0.1, 0.15) is 66.1 Å². The van der Waals surface area contributed by atoms with Crippen molar-refractivity contribution >= 4 is 39.0 Å². The average molecular weight is 563 g/mol. The molecule has 40 heavy (non-hydrogen) atoms. The molecule has 2 amide bonds. The highest BCUT2D eigenvalue weighted by Gasteiger charge is 2.28. The van der Waals surface area contributed by atoms with E-state index in [-0.39, 0.29) is 22.5 Å². The molecule has 0 saturated heterocycles. The van der Waals surface area contributed by atoms with Gasteiger partial charge in [0.2, 0.25) is 0 Å². The van der Waals surface area contributed by atoms with Crippen molar-refractivity contribution in [1.29, 1.82) is 0 Å². The molecule has 3 aromatic rings. The molecule has 0 fully saturated rings. The molecule has 1 aromatic heterocycles. The van der Waals surface area contributed by atoms with Crippen molar-refractivity contribution < 1.29 is 18.0 Å². The highest BCUT2D eigenvalue weighted by Crippen LogP contribution is 2.36. The number of carbonyl (C=O) groups is 2. The third-order valence-electron chi connectivity index (χ3n) is 7.31. The lowest BCUT2D eigenvalue weighted by atomic mass is 10.0. The lowest BCUT2D eigenvalue weighted by Crippen LogP contribution is -2.42. The minimum Gasteiger partial charge on any atom is -0.358 e. The van der Waals surface area contributed by atoms with E-state index in [0.29, 0.717) is 58.0 Å². The first-order valence-corrected chi connectivity index (χ1v) is 15.2. The molecule has 8 nitrogen and oxygen atoms in total. The summed E-state index contributed by atoms with van der Waals surface area (Å²) in [6.45, 7) is 13.5. The van der Waals surface area contributed by atoms with Crippen molar-refractivity contribution in [1.82, 2.24) is 15.2 Å². The molecule has 0 radical (unpaired) electrons. The maximum atomic E-state index is 13.1. The van der Waals surface area contributed by atoms with E-state index >= 15 is 0 Å². The Labute approximate surface area is 236 Å². The second kappa shape index (κ2) is 11.8. The second-order valence-corrected chi connectivity index (χ2v) is 12.8. The molecule has 4 rings (SSSR count). The number of fused-ring (bicyclic) bond motifs is 1. The largest absolute Gasteiger partial charge is 0.358 e. The molecular weight excluding hydrogens is 524 g/mol. The van der Waals surface area contributed by atoms with Crippen molar-refractivity contribution in [3.8, 4) is 0 Å². The van der Waals surface area contributed by atoms with Crippen LogP contribution in [0.15, 0.2) is 53.4 Å². The first-order valence-electron chi connectivity index (χ1n) is 13.6. The molecule has 9 heteroatoms. The molecule has 0 aliphatic carbocycles. The molecule has 0 saturated carbocycles. The van der Waals surface area contributed by atoms with Crippen molar-refractivity contribution in [2.24, 2.45) is 0 Å². The van der Waals surface area contributed by atoms with E-state index in [1.807, 2.05) is 19.9 Å². The van der Waals surface area contributed by atoms with Gasteiger partial charge < -0.3 is 15.6 Å². The predicted molar refractivity (Wildman–Crippen MR) is 160 cm³/mol. The van der Waals surface area contributed by atoms with Gasteiger partial charge in [-0.1, -0.05) is 30.3 Å². The van der Waals surface area contributed by atoms with E-state index in [4.69, 9.17) is 0 Å². The Morgan fingerprint density at radius 1 is 1.02 bits per heavy atom. The lowest BCUT2D eigenvalue weighted by Gasteiger charge is -2.30. The van der Waals surface area contributed by atoms with E-state index in [0.717, 1.165) is 12.1 Å². The van der Waals surface area contributed by atoms with Gasteiger partial charge in [-0.2, -0.15) is 0 Å². The van der Waals surface area contributed by atoms with Crippen LogP contribution in [0, 0.1) is 13.8 Å². The van der Waals surface area contributed by atoms with E-state index in [1.54, 1.807) is 42.5 Å². The Bertz CT molecular complexity index is 1550. The zero-order chi connectivity index (χ0) is 29.2. The van der Waals surface area contributed by atoms with Gasteiger partial charge in [0.25, 0.3) is 11.8 Å². The third kappa shape index (κ3) is 6.21. The third-order valence-corrected chi connectivity index (χ3v) is 8.99. The summed E-state index contributed by atoms with van der Waals surface area (Å²) < 4.78 is 26.3. The summed E-state index contributed by atoms with van der Waals surface area (Å²) in [4.78, 5) is 31.7. The molecule has 212 valence electrons. The summed E-state index contributed by atoms with van der Waals surface area (Å²) in [6.07, 6.45) is 1.69. The fourth-order valence-corrected chi connectivity index (χ4v) is 6.65. The number of H-pyrrole nitrogens is 1. The number of nitrogens with one attached hydrogen (secondary N) is 3. The molecule has 0 spiro atoms. The normalized spacial score (nSPS) is 14.3. The quantitative estimate of drug-likeness (QED) is 0.303. The van der Waals surface area contributed by atoms with Crippen LogP contribution in [-0.2, 0) is 20.4 Å². The van der Waals surface area contributed by atoms with Crippen LogP contribution in [0.4, 0.5) is 5.69 Å². The van der Waals surface area contributed by atoms with Crippen molar-refractivity contribution in [2.45, 2.75) is 64.3 Å². The summed E-state index contributed by atoms with van der Waals surface area (Å²) in [5.74, 6) is -0.631. The van der Waals surface area contributed by atoms with Crippen LogP contribution in [0.3, 0.4) is 0 Å². The number of aryl methyl sites for hydroxylation is 1. The Balaban J connectivity index is 1.58. The van der Waals surface area contributed by atoms with Gasteiger partial charge in [0, 0.05) is 47.8 Å². The molecule has 0 unspecified atom stereocenters. The van der Waals surface area contributed by atoms with Crippen LogP contribution in [0.2, 0.25) is 0 Å². The van der Waals surface area contributed by atoms with E-state index < -0.39 is 9.84 Å². The molecule has 1 aliphatic rings. The van der Waals surface area contributed by atoms with E-state index in [9.17, 15) is 18.0 Å². The Hall–Kier alpha value is -3.69. The number of sulfone groups is 1. The number of aromatic amines is 1. The van der Waals surface area contributed by atoms with E-state index in [1.165, 1.54) is 6.07 Å². The zero-order valence-corrected chi connectivity index (χ0v) is 24.8. The highest BCUT2D eigenvalue weighted by atomic mass is 32.2. The fourth-order valence-electron chi connectivity index (χ4n) is 5.28. The maximum Gasteiger partial charge on any atom is 0.256 e. The summed E-state index contributed by atoms with van der Waals surface area (Å²) in [6, 6.07) is 14.4. The van der Waals surface area contributed by atoms with Crippen LogP contribution in [0.25, 0.3) is 11.6 Å². The van der Waals surface area contributed by atoms with Gasteiger partial charge in [0.1, 0.15) is 0 Å². The number of nitrogens with zero attached hydrogens (tertiary/aromatic N) is 1. The SMILES string of the molecule is Cc1[nH]c(C=C2C(=O)Nc3ccc(S(=O)(=O)Cc4ccccc4)cc32)c(C)c1C(=O)NCCN(C(C)C)C(C)C. The first kappa shape index (κ1) is 29.3. The number of carbonyl (C=O) groups excluding carboxylic acids is 2. The number of aromatic nitrogens is 1. The van der Waals surface area contributed by atoms with Gasteiger partial charge >= 0.3 is 0 Å². The predicted octanol–water partition coefficient (Wildman–Crippen LogP) is 4.95. The zero-order valence-electron chi connectivity index (χ0n) is 24.0. The minimum absolute atomic E-state index is 0.132. The fraction of sp³-hybridized carbons (Fsp3) is 0.355. The Morgan fingerprint density at radius 3 is 2.35 bits per heavy atom. The summed E-state index contributed by atoms with van der Waals surface area (Å²) in [5.41, 5.74) is 4.69. The van der Waals surface area contributed by atoms with Crippen molar-refractivity contribution in [2.75, 3.05) is 18.4 Å². The van der Waals surface area contributed by atoms with Gasteiger partial charge in [-0.25, -0.2) is 8.42 Å². The van der Waals surface area contributed by atoms with Crippen molar-refractivity contribution in [3.05, 3.63) is 82.2 Å². The number of hydrogen-bond donors (Lipinski definition) is 3. The number of hydrogen-bond acceptors (Lipinski definition) is 5. The van der Waals surface area contributed by atoms with Crippen LogP contribution in [0.5, 0.6) is 0 Å². The molecule has 2 aromatic carbocycles.